The predicted octanol–water partition coefficient (Wildman–Crippen LogP) is 4.37. The van der Waals surface area contributed by atoms with Gasteiger partial charge in [-0.05, 0) is 31.5 Å². The number of benzene rings is 2. The average molecular weight is 463 g/mol. The zero-order valence-corrected chi connectivity index (χ0v) is 19.5. The van der Waals surface area contributed by atoms with E-state index in [0.29, 0.717) is 31.5 Å². The van der Waals surface area contributed by atoms with Crippen LogP contribution in [0.25, 0.3) is 11.5 Å². The van der Waals surface area contributed by atoms with Crippen LogP contribution in [-0.2, 0) is 11.3 Å². The van der Waals surface area contributed by atoms with Crippen LogP contribution in [-0.4, -0.2) is 51.3 Å². The molecule has 2 aromatic carbocycles. The molecule has 9 heteroatoms. The van der Waals surface area contributed by atoms with E-state index >= 15 is 0 Å². The molecule has 4 aromatic rings. The Hall–Kier alpha value is -3.17. The van der Waals surface area contributed by atoms with Gasteiger partial charge in [-0.15, -0.1) is 20.4 Å². The molecular weight excluding hydrogens is 436 g/mol. The summed E-state index contributed by atoms with van der Waals surface area (Å²) in [7, 11) is 0. The van der Waals surface area contributed by atoms with Gasteiger partial charge in [0, 0.05) is 18.7 Å². The molecular formula is C24H26N6O2S. The maximum atomic E-state index is 6.01. The second kappa shape index (κ2) is 9.76. The molecule has 1 aliphatic rings. The largest absolute Gasteiger partial charge is 0.419 e. The molecule has 1 saturated heterocycles. The van der Waals surface area contributed by atoms with Crippen molar-refractivity contribution in [1.82, 2.24) is 25.0 Å². The Kier molecular flexibility index (Phi) is 6.41. The highest BCUT2D eigenvalue weighted by molar-refractivity contribution is 7.99. The van der Waals surface area contributed by atoms with E-state index < -0.39 is 0 Å². The Bertz CT molecular complexity index is 1200. The fraction of sp³-hybridized carbons (Fsp3) is 0.333. The van der Waals surface area contributed by atoms with Crippen molar-refractivity contribution in [1.29, 1.82) is 0 Å². The lowest BCUT2D eigenvalue weighted by Crippen LogP contribution is -2.38. The molecule has 1 aliphatic heterocycles. The van der Waals surface area contributed by atoms with Gasteiger partial charge >= 0.3 is 0 Å². The fourth-order valence-corrected chi connectivity index (χ4v) is 4.65. The number of morpholine rings is 1. The van der Waals surface area contributed by atoms with Crippen LogP contribution in [0.5, 0.6) is 0 Å². The number of nitrogens with zero attached hydrogens (tertiary/aromatic N) is 6. The zero-order chi connectivity index (χ0) is 22.6. The van der Waals surface area contributed by atoms with E-state index in [1.165, 1.54) is 5.56 Å². The number of anilines is 1. The summed E-state index contributed by atoms with van der Waals surface area (Å²) in [6.07, 6.45) is 0. The summed E-state index contributed by atoms with van der Waals surface area (Å²) in [5.41, 5.74) is 3.27. The van der Waals surface area contributed by atoms with Crippen molar-refractivity contribution < 1.29 is 9.15 Å². The number of aromatic nitrogens is 5. The predicted molar refractivity (Wildman–Crippen MR) is 127 cm³/mol. The minimum atomic E-state index is -0.0766. The first-order valence-electron chi connectivity index (χ1n) is 11.0. The van der Waals surface area contributed by atoms with Gasteiger partial charge in [-0.25, -0.2) is 0 Å². The molecule has 0 N–H and O–H groups in total. The highest BCUT2D eigenvalue weighted by atomic mass is 32.2. The molecule has 3 heterocycles. The highest BCUT2D eigenvalue weighted by Gasteiger charge is 2.24. The van der Waals surface area contributed by atoms with Crippen LogP contribution >= 0.6 is 11.8 Å². The van der Waals surface area contributed by atoms with E-state index in [9.17, 15) is 0 Å². The Morgan fingerprint density at radius 3 is 2.58 bits per heavy atom. The molecule has 0 radical (unpaired) electrons. The normalized spacial score (nSPS) is 15.0. The maximum Gasteiger partial charge on any atom is 0.247 e. The Labute approximate surface area is 197 Å². The number of hydrogen-bond donors (Lipinski definition) is 0. The molecule has 33 heavy (non-hydrogen) atoms. The van der Waals surface area contributed by atoms with E-state index in [-0.39, 0.29) is 5.25 Å². The van der Waals surface area contributed by atoms with E-state index in [2.05, 4.69) is 54.1 Å². The molecule has 2 aromatic heterocycles. The van der Waals surface area contributed by atoms with Gasteiger partial charge in [0.1, 0.15) is 0 Å². The van der Waals surface area contributed by atoms with Crippen LogP contribution in [0, 0.1) is 6.92 Å². The van der Waals surface area contributed by atoms with Crippen molar-refractivity contribution in [2.75, 3.05) is 31.2 Å². The lowest BCUT2D eigenvalue weighted by Gasteiger charge is -2.28. The monoisotopic (exact) mass is 462 g/mol. The number of thioether (sulfide) groups is 1. The van der Waals surface area contributed by atoms with Crippen LogP contribution in [0.4, 0.5) is 5.95 Å². The molecule has 0 aliphatic carbocycles. The second-order valence-corrected chi connectivity index (χ2v) is 9.34. The summed E-state index contributed by atoms with van der Waals surface area (Å²) >= 11 is 1.57. The van der Waals surface area contributed by atoms with Crippen molar-refractivity contribution in [3.05, 3.63) is 71.6 Å². The maximum absolute atomic E-state index is 6.01. The molecule has 1 atom stereocenters. The average Bonchev–Trinajstić information content (AvgIpc) is 3.49. The number of hydrogen-bond acceptors (Lipinski definition) is 8. The summed E-state index contributed by atoms with van der Waals surface area (Å²) < 4.78 is 13.7. The van der Waals surface area contributed by atoms with Gasteiger partial charge in [0.25, 0.3) is 0 Å². The van der Waals surface area contributed by atoms with Crippen molar-refractivity contribution >= 4 is 17.7 Å². The van der Waals surface area contributed by atoms with Crippen molar-refractivity contribution in [2.45, 2.75) is 30.8 Å². The van der Waals surface area contributed by atoms with E-state index in [1.54, 1.807) is 11.8 Å². The molecule has 170 valence electrons. The van der Waals surface area contributed by atoms with Crippen LogP contribution < -0.4 is 4.90 Å². The number of ether oxygens (including phenoxy) is 1. The molecule has 1 fully saturated rings. The zero-order valence-electron chi connectivity index (χ0n) is 18.7. The standard InChI is InChI=1S/C24H26N6O2S/c1-17-7-6-10-20(15-17)22-26-25-21(32-22)18(2)33-24-28-27-23(29-11-13-31-14-12-29)30(24)16-19-8-4-3-5-9-19/h3-10,15,18H,11-14,16H2,1-2H3/t18-/m0/s1. The Balaban J connectivity index is 1.40. The molecule has 0 bridgehead atoms. The lowest BCUT2D eigenvalue weighted by molar-refractivity contribution is 0.121. The molecule has 0 unspecified atom stereocenters. The lowest BCUT2D eigenvalue weighted by atomic mass is 10.1. The third-order valence-corrected chi connectivity index (χ3v) is 6.58. The minimum absolute atomic E-state index is 0.0766. The number of aryl methyl sites for hydroxylation is 1. The smallest absolute Gasteiger partial charge is 0.247 e. The van der Waals surface area contributed by atoms with Gasteiger partial charge in [0.15, 0.2) is 5.16 Å². The van der Waals surface area contributed by atoms with Gasteiger partial charge < -0.3 is 14.1 Å². The van der Waals surface area contributed by atoms with Crippen LogP contribution in [0.15, 0.2) is 64.2 Å². The third-order valence-electron chi connectivity index (χ3n) is 5.51. The van der Waals surface area contributed by atoms with Gasteiger partial charge in [0.2, 0.25) is 17.7 Å². The summed E-state index contributed by atoms with van der Waals surface area (Å²) in [5, 5.41) is 18.4. The molecule has 8 nitrogen and oxygen atoms in total. The number of rotatable bonds is 7. The van der Waals surface area contributed by atoms with E-state index in [0.717, 1.165) is 35.3 Å². The SMILES string of the molecule is Cc1cccc(-c2nnc([C@H](C)Sc3nnc(N4CCOCC4)n3Cc3ccccc3)o2)c1. The first-order chi connectivity index (χ1) is 16.2. The van der Waals surface area contributed by atoms with E-state index in [4.69, 9.17) is 9.15 Å². The van der Waals surface area contributed by atoms with Gasteiger partial charge in [0.05, 0.1) is 25.0 Å². The summed E-state index contributed by atoms with van der Waals surface area (Å²) in [5.74, 6) is 1.96. The summed E-state index contributed by atoms with van der Waals surface area (Å²) in [6, 6.07) is 18.4. The minimum Gasteiger partial charge on any atom is -0.419 e. The highest BCUT2D eigenvalue weighted by Crippen LogP contribution is 2.36. The summed E-state index contributed by atoms with van der Waals surface area (Å²) in [4.78, 5) is 2.23. The molecule has 0 spiro atoms. The first kappa shape index (κ1) is 21.7. The van der Waals surface area contributed by atoms with Crippen molar-refractivity contribution in [3.63, 3.8) is 0 Å². The van der Waals surface area contributed by atoms with Crippen molar-refractivity contribution in [3.8, 4) is 11.5 Å². The van der Waals surface area contributed by atoms with Crippen molar-refractivity contribution in [2.24, 2.45) is 0 Å². The van der Waals surface area contributed by atoms with Gasteiger partial charge in [-0.1, -0.05) is 59.8 Å². The molecule has 0 amide bonds. The van der Waals surface area contributed by atoms with E-state index in [1.807, 2.05) is 44.2 Å². The third kappa shape index (κ3) is 4.94. The first-order valence-corrected chi connectivity index (χ1v) is 11.9. The van der Waals surface area contributed by atoms with Gasteiger partial charge in [-0.2, -0.15) is 0 Å². The quantitative estimate of drug-likeness (QED) is 0.374. The fourth-order valence-electron chi connectivity index (χ4n) is 3.77. The topological polar surface area (TPSA) is 82.1 Å². The van der Waals surface area contributed by atoms with Crippen LogP contribution in [0.3, 0.4) is 0 Å². The Morgan fingerprint density at radius 1 is 0.970 bits per heavy atom. The summed E-state index contributed by atoms with van der Waals surface area (Å²) in [6.45, 7) is 7.78. The Morgan fingerprint density at radius 2 is 1.79 bits per heavy atom. The molecule has 5 rings (SSSR count). The molecule has 0 saturated carbocycles. The van der Waals surface area contributed by atoms with Gasteiger partial charge in [-0.3, -0.25) is 4.57 Å². The van der Waals surface area contributed by atoms with Crippen LogP contribution in [0.2, 0.25) is 0 Å². The second-order valence-electron chi connectivity index (χ2n) is 8.03. The van der Waals surface area contributed by atoms with Crippen LogP contribution in [0.1, 0.15) is 29.2 Å².